The second-order valence-electron chi connectivity index (χ2n) is 5.47. The van der Waals surface area contributed by atoms with Gasteiger partial charge in [0.25, 0.3) is 0 Å². The fourth-order valence-corrected chi connectivity index (χ4v) is 2.86. The Bertz CT molecular complexity index is 450. The Labute approximate surface area is 126 Å². The minimum absolute atomic E-state index is 0.364. The Morgan fingerprint density at radius 1 is 1.30 bits per heavy atom. The fraction of sp³-hybridized carbons (Fsp3) is 0.562. The smallest absolute Gasteiger partial charge is 0.129 e. The van der Waals surface area contributed by atoms with Gasteiger partial charge in [-0.05, 0) is 30.9 Å². The molecule has 1 aromatic carbocycles. The van der Waals surface area contributed by atoms with Crippen LogP contribution in [-0.4, -0.2) is 24.3 Å². The van der Waals surface area contributed by atoms with Crippen molar-refractivity contribution in [3.05, 3.63) is 29.8 Å². The summed E-state index contributed by atoms with van der Waals surface area (Å²) in [5.41, 5.74) is 6.46. The number of nitrogens with two attached hydrogens (primary N) is 1. The van der Waals surface area contributed by atoms with Gasteiger partial charge in [-0.15, -0.1) is 0 Å². The number of rotatable bonds is 6. The monoisotopic (exact) mass is 293 g/mol. The van der Waals surface area contributed by atoms with Crippen LogP contribution in [-0.2, 0) is 4.74 Å². The van der Waals surface area contributed by atoms with Crippen molar-refractivity contribution < 1.29 is 9.47 Å². The number of hydrogen-bond donors (Lipinski definition) is 1. The second kappa shape index (κ2) is 7.60. The zero-order chi connectivity index (χ0) is 14.4. The van der Waals surface area contributed by atoms with Gasteiger partial charge in [-0.1, -0.05) is 44.1 Å². The van der Waals surface area contributed by atoms with Gasteiger partial charge in [0.05, 0.1) is 18.3 Å². The lowest BCUT2D eigenvalue weighted by molar-refractivity contribution is 0.00195. The highest BCUT2D eigenvalue weighted by atomic mass is 32.1. The quantitative estimate of drug-likeness (QED) is 0.645. The summed E-state index contributed by atoms with van der Waals surface area (Å²) < 4.78 is 11.6. The van der Waals surface area contributed by atoms with Crippen molar-refractivity contribution >= 4 is 17.2 Å². The SMILES string of the molecule is CC1CCCC(OCCOc2ccccc2C(N)=S)C1. The first-order chi connectivity index (χ1) is 9.66. The van der Waals surface area contributed by atoms with Crippen LogP contribution in [0.2, 0.25) is 0 Å². The van der Waals surface area contributed by atoms with E-state index in [0.717, 1.165) is 17.2 Å². The summed E-state index contributed by atoms with van der Waals surface area (Å²) >= 11 is 5.01. The summed E-state index contributed by atoms with van der Waals surface area (Å²) in [7, 11) is 0. The van der Waals surface area contributed by atoms with E-state index in [2.05, 4.69) is 6.92 Å². The van der Waals surface area contributed by atoms with Gasteiger partial charge in [0.1, 0.15) is 17.3 Å². The van der Waals surface area contributed by atoms with Crippen LogP contribution in [0.4, 0.5) is 0 Å². The molecule has 0 aromatic heterocycles. The summed E-state index contributed by atoms with van der Waals surface area (Å²) in [5.74, 6) is 1.52. The first-order valence-corrected chi connectivity index (χ1v) is 7.71. The number of ether oxygens (including phenoxy) is 2. The molecule has 0 spiro atoms. The maximum Gasteiger partial charge on any atom is 0.129 e. The van der Waals surface area contributed by atoms with Crippen molar-refractivity contribution in [1.29, 1.82) is 0 Å². The van der Waals surface area contributed by atoms with Crippen LogP contribution in [0.15, 0.2) is 24.3 Å². The average molecular weight is 293 g/mol. The molecule has 110 valence electrons. The molecule has 2 unspecified atom stereocenters. The van der Waals surface area contributed by atoms with E-state index in [4.69, 9.17) is 27.4 Å². The molecule has 2 atom stereocenters. The summed E-state index contributed by atoms with van der Waals surface area (Å²) in [6, 6.07) is 7.58. The molecule has 0 radical (unpaired) electrons. The fourth-order valence-electron chi connectivity index (χ4n) is 2.69. The van der Waals surface area contributed by atoms with E-state index in [-0.39, 0.29) is 0 Å². The molecule has 0 saturated heterocycles. The van der Waals surface area contributed by atoms with Crippen LogP contribution in [0.3, 0.4) is 0 Å². The number of benzene rings is 1. The molecular formula is C16H23NO2S. The van der Waals surface area contributed by atoms with Crippen LogP contribution in [0.1, 0.15) is 38.2 Å². The van der Waals surface area contributed by atoms with E-state index in [0.29, 0.717) is 24.3 Å². The molecule has 2 rings (SSSR count). The van der Waals surface area contributed by atoms with Crippen molar-refractivity contribution in [1.82, 2.24) is 0 Å². The van der Waals surface area contributed by atoms with E-state index in [1.165, 1.54) is 25.7 Å². The lowest BCUT2D eigenvalue weighted by atomic mass is 9.89. The van der Waals surface area contributed by atoms with Gasteiger partial charge < -0.3 is 15.2 Å². The number of thiocarbonyl (C=S) groups is 1. The molecule has 4 heteroatoms. The van der Waals surface area contributed by atoms with Crippen LogP contribution in [0.5, 0.6) is 5.75 Å². The summed E-state index contributed by atoms with van der Waals surface area (Å²) in [5, 5.41) is 0. The minimum atomic E-state index is 0.364. The van der Waals surface area contributed by atoms with E-state index in [1.807, 2.05) is 24.3 Å². The summed E-state index contributed by atoms with van der Waals surface area (Å²) in [6.45, 7) is 3.44. The third kappa shape index (κ3) is 4.46. The van der Waals surface area contributed by atoms with E-state index >= 15 is 0 Å². The van der Waals surface area contributed by atoms with Gasteiger partial charge in [-0.2, -0.15) is 0 Å². The first-order valence-electron chi connectivity index (χ1n) is 7.30. The van der Waals surface area contributed by atoms with Gasteiger partial charge in [-0.25, -0.2) is 0 Å². The Morgan fingerprint density at radius 3 is 2.85 bits per heavy atom. The topological polar surface area (TPSA) is 44.5 Å². The molecule has 2 N–H and O–H groups in total. The molecule has 0 heterocycles. The molecule has 1 aliphatic carbocycles. The Morgan fingerprint density at radius 2 is 2.10 bits per heavy atom. The van der Waals surface area contributed by atoms with Crippen LogP contribution >= 0.6 is 12.2 Å². The second-order valence-corrected chi connectivity index (χ2v) is 5.91. The van der Waals surface area contributed by atoms with Crippen molar-refractivity contribution in [3.8, 4) is 5.75 Å². The molecule has 3 nitrogen and oxygen atoms in total. The Kier molecular flexibility index (Phi) is 5.80. The molecule has 1 fully saturated rings. The van der Waals surface area contributed by atoms with Crippen molar-refractivity contribution in [3.63, 3.8) is 0 Å². The van der Waals surface area contributed by atoms with Crippen LogP contribution in [0, 0.1) is 5.92 Å². The van der Waals surface area contributed by atoms with Crippen molar-refractivity contribution in [2.45, 2.75) is 38.7 Å². The molecular weight excluding hydrogens is 270 g/mol. The predicted octanol–water partition coefficient (Wildman–Crippen LogP) is 3.29. The maximum absolute atomic E-state index is 5.89. The van der Waals surface area contributed by atoms with Crippen LogP contribution in [0.25, 0.3) is 0 Å². The normalized spacial score (nSPS) is 22.4. The highest BCUT2D eigenvalue weighted by Gasteiger charge is 2.19. The van der Waals surface area contributed by atoms with Crippen molar-refractivity contribution in [2.24, 2.45) is 11.7 Å². The minimum Gasteiger partial charge on any atom is -0.490 e. The third-order valence-corrected chi connectivity index (χ3v) is 3.96. The molecule has 1 saturated carbocycles. The van der Waals surface area contributed by atoms with Gasteiger partial charge in [-0.3, -0.25) is 0 Å². The lowest BCUT2D eigenvalue weighted by Gasteiger charge is -2.26. The van der Waals surface area contributed by atoms with E-state index in [9.17, 15) is 0 Å². The third-order valence-electron chi connectivity index (χ3n) is 3.74. The molecule has 0 bridgehead atoms. The first kappa shape index (κ1) is 15.3. The van der Waals surface area contributed by atoms with Gasteiger partial charge in [0, 0.05) is 0 Å². The molecule has 20 heavy (non-hydrogen) atoms. The molecule has 1 aromatic rings. The maximum atomic E-state index is 5.89. The standard InChI is InChI=1S/C16H23NO2S/c1-12-5-4-6-13(11-12)18-9-10-19-15-8-3-2-7-14(15)16(17)20/h2-3,7-8,12-13H,4-6,9-11H2,1H3,(H2,17,20). The Balaban J connectivity index is 1.74. The average Bonchev–Trinajstić information content (AvgIpc) is 2.44. The zero-order valence-electron chi connectivity index (χ0n) is 12.0. The highest BCUT2D eigenvalue weighted by Crippen LogP contribution is 2.25. The van der Waals surface area contributed by atoms with Gasteiger partial charge in [0.15, 0.2) is 0 Å². The molecule has 1 aliphatic rings. The van der Waals surface area contributed by atoms with E-state index < -0.39 is 0 Å². The van der Waals surface area contributed by atoms with Crippen molar-refractivity contribution in [2.75, 3.05) is 13.2 Å². The van der Waals surface area contributed by atoms with Gasteiger partial charge in [0.2, 0.25) is 0 Å². The highest BCUT2D eigenvalue weighted by molar-refractivity contribution is 7.80. The zero-order valence-corrected chi connectivity index (χ0v) is 12.8. The summed E-state index contributed by atoms with van der Waals surface area (Å²) in [6.07, 6.45) is 5.35. The Hall–Kier alpha value is -1.13. The predicted molar refractivity (Wildman–Crippen MR) is 85.2 cm³/mol. The van der Waals surface area contributed by atoms with Gasteiger partial charge >= 0.3 is 0 Å². The van der Waals surface area contributed by atoms with E-state index in [1.54, 1.807) is 0 Å². The lowest BCUT2D eigenvalue weighted by Crippen LogP contribution is -2.23. The number of para-hydroxylation sites is 1. The number of hydrogen-bond acceptors (Lipinski definition) is 3. The molecule has 0 aliphatic heterocycles. The summed E-state index contributed by atoms with van der Waals surface area (Å²) in [4.78, 5) is 0.364. The molecule has 0 amide bonds. The largest absolute Gasteiger partial charge is 0.490 e. The van der Waals surface area contributed by atoms with Crippen LogP contribution < -0.4 is 10.5 Å².